The largest absolute Gasteiger partial charge is 0.457 e. The van der Waals surface area contributed by atoms with Crippen LogP contribution in [0.15, 0.2) is 67.3 Å². The molecule has 2 aliphatic rings. The summed E-state index contributed by atoms with van der Waals surface area (Å²) >= 11 is 0. The Labute approximate surface area is 191 Å². The van der Waals surface area contributed by atoms with E-state index in [0.717, 1.165) is 5.75 Å². The van der Waals surface area contributed by atoms with E-state index in [1.165, 1.54) is 6.08 Å². The molecule has 0 radical (unpaired) electrons. The SMILES string of the molecule is C=CC(=O)N1CC(N2CCNc3c2nn(-c2ccc(Oc4ccccc4)cc2)c3C(N)=O)C1. The monoisotopic (exact) mass is 444 g/mol. The number of fused-ring (bicyclic) bond motifs is 1. The van der Waals surface area contributed by atoms with E-state index in [1.54, 1.807) is 9.58 Å². The van der Waals surface area contributed by atoms with Crippen molar-refractivity contribution in [2.75, 3.05) is 36.4 Å². The fourth-order valence-electron chi connectivity index (χ4n) is 4.19. The van der Waals surface area contributed by atoms with Crippen LogP contribution in [0.25, 0.3) is 5.69 Å². The number of nitrogens with one attached hydrogen (secondary N) is 1. The summed E-state index contributed by atoms with van der Waals surface area (Å²) in [5.74, 6) is 1.42. The summed E-state index contributed by atoms with van der Waals surface area (Å²) in [6.45, 7) is 6.09. The van der Waals surface area contributed by atoms with Crippen LogP contribution >= 0.6 is 0 Å². The van der Waals surface area contributed by atoms with Gasteiger partial charge in [0, 0.05) is 26.2 Å². The first-order valence-corrected chi connectivity index (χ1v) is 10.7. The molecule has 5 rings (SSSR count). The number of ether oxygens (including phenoxy) is 1. The molecule has 2 aliphatic heterocycles. The number of nitrogens with zero attached hydrogens (tertiary/aromatic N) is 4. The minimum Gasteiger partial charge on any atom is -0.457 e. The summed E-state index contributed by atoms with van der Waals surface area (Å²) in [6.07, 6.45) is 1.32. The first-order valence-electron chi connectivity index (χ1n) is 10.7. The number of aromatic nitrogens is 2. The average Bonchev–Trinajstić information content (AvgIpc) is 3.20. The lowest BCUT2D eigenvalue weighted by Gasteiger charge is -2.46. The van der Waals surface area contributed by atoms with Gasteiger partial charge in [-0.15, -0.1) is 5.10 Å². The van der Waals surface area contributed by atoms with Gasteiger partial charge in [0.2, 0.25) is 5.91 Å². The highest BCUT2D eigenvalue weighted by Gasteiger charge is 2.39. The lowest BCUT2D eigenvalue weighted by molar-refractivity contribution is -0.130. The quantitative estimate of drug-likeness (QED) is 0.566. The van der Waals surface area contributed by atoms with Crippen LogP contribution in [0.4, 0.5) is 11.5 Å². The minimum absolute atomic E-state index is 0.0808. The number of benzene rings is 2. The van der Waals surface area contributed by atoms with E-state index in [1.807, 2.05) is 54.6 Å². The van der Waals surface area contributed by atoms with Gasteiger partial charge < -0.3 is 25.6 Å². The van der Waals surface area contributed by atoms with Gasteiger partial charge in [-0.05, 0) is 42.5 Å². The molecule has 1 aromatic heterocycles. The zero-order valence-corrected chi connectivity index (χ0v) is 18.0. The highest BCUT2D eigenvalue weighted by atomic mass is 16.5. The fourth-order valence-corrected chi connectivity index (χ4v) is 4.19. The van der Waals surface area contributed by atoms with Gasteiger partial charge in [0.1, 0.15) is 17.2 Å². The number of rotatable bonds is 6. The number of carbonyl (C=O) groups is 2. The van der Waals surface area contributed by atoms with Gasteiger partial charge in [0.15, 0.2) is 11.5 Å². The van der Waals surface area contributed by atoms with Crippen molar-refractivity contribution in [1.29, 1.82) is 0 Å². The first-order chi connectivity index (χ1) is 16.0. The third-order valence-corrected chi connectivity index (χ3v) is 5.88. The summed E-state index contributed by atoms with van der Waals surface area (Å²) in [6, 6.07) is 16.9. The Morgan fingerprint density at radius 3 is 2.45 bits per heavy atom. The molecule has 0 saturated carbocycles. The van der Waals surface area contributed by atoms with E-state index in [2.05, 4.69) is 16.8 Å². The van der Waals surface area contributed by atoms with Crippen molar-refractivity contribution in [2.45, 2.75) is 6.04 Å². The molecule has 3 N–H and O–H groups in total. The summed E-state index contributed by atoms with van der Waals surface area (Å²) in [5, 5.41) is 8.02. The molecule has 33 heavy (non-hydrogen) atoms. The zero-order chi connectivity index (χ0) is 22.9. The van der Waals surface area contributed by atoms with Crippen molar-refractivity contribution < 1.29 is 14.3 Å². The molecule has 0 aliphatic carbocycles. The van der Waals surface area contributed by atoms with Crippen LogP contribution in [-0.2, 0) is 4.79 Å². The second-order valence-electron chi connectivity index (χ2n) is 7.95. The third kappa shape index (κ3) is 3.78. The van der Waals surface area contributed by atoms with Gasteiger partial charge >= 0.3 is 0 Å². The van der Waals surface area contributed by atoms with Gasteiger partial charge in [-0.1, -0.05) is 24.8 Å². The van der Waals surface area contributed by atoms with Crippen molar-refractivity contribution in [3.05, 3.63) is 72.9 Å². The van der Waals surface area contributed by atoms with Crippen molar-refractivity contribution in [2.24, 2.45) is 5.73 Å². The van der Waals surface area contributed by atoms with Crippen molar-refractivity contribution in [3.8, 4) is 17.2 Å². The molecular weight excluding hydrogens is 420 g/mol. The second-order valence-corrected chi connectivity index (χ2v) is 7.95. The van der Waals surface area contributed by atoms with Crippen molar-refractivity contribution in [3.63, 3.8) is 0 Å². The molecule has 0 unspecified atom stereocenters. The van der Waals surface area contributed by atoms with Gasteiger partial charge in [-0.2, -0.15) is 0 Å². The summed E-state index contributed by atoms with van der Waals surface area (Å²) in [7, 11) is 0. The van der Waals surface area contributed by atoms with Gasteiger partial charge in [-0.25, -0.2) is 4.68 Å². The molecule has 2 aromatic carbocycles. The van der Waals surface area contributed by atoms with E-state index in [-0.39, 0.29) is 11.9 Å². The van der Waals surface area contributed by atoms with Crippen molar-refractivity contribution >= 4 is 23.3 Å². The number of hydrogen-bond acceptors (Lipinski definition) is 6. The van der Waals surface area contributed by atoms with Gasteiger partial charge in [0.25, 0.3) is 5.91 Å². The number of nitrogens with two attached hydrogens (primary N) is 1. The fraction of sp³-hybridized carbons (Fsp3) is 0.208. The maximum atomic E-state index is 12.4. The maximum absolute atomic E-state index is 12.4. The first kappa shape index (κ1) is 20.6. The predicted octanol–water partition coefficient (Wildman–Crippen LogP) is 2.39. The van der Waals surface area contributed by atoms with Crippen LogP contribution < -0.4 is 20.7 Å². The van der Waals surface area contributed by atoms with Crippen LogP contribution in [-0.4, -0.2) is 58.7 Å². The normalized spacial score (nSPS) is 15.3. The Balaban J connectivity index is 1.43. The second kappa shape index (κ2) is 8.34. The summed E-state index contributed by atoms with van der Waals surface area (Å²) in [5.41, 5.74) is 7.36. The van der Waals surface area contributed by atoms with E-state index in [9.17, 15) is 9.59 Å². The molecule has 0 spiro atoms. The van der Waals surface area contributed by atoms with E-state index < -0.39 is 5.91 Å². The number of anilines is 2. The third-order valence-electron chi connectivity index (χ3n) is 5.88. The lowest BCUT2D eigenvalue weighted by Crippen LogP contribution is -2.62. The Morgan fingerprint density at radius 2 is 1.79 bits per heavy atom. The number of para-hydroxylation sites is 1. The Kier molecular flexibility index (Phi) is 5.21. The Bertz CT molecular complexity index is 1200. The predicted molar refractivity (Wildman–Crippen MR) is 125 cm³/mol. The smallest absolute Gasteiger partial charge is 0.269 e. The minimum atomic E-state index is -0.570. The molecule has 168 valence electrons. The maximum Gasteiger partial charge on any atom is 0.269 e. The molecule has 9 heteroatoms. The average molecular weight is 444 g/mol. The molecular formula is C24H24N6O3. The number of carbonyl (C=O) groups excluding carboxylic acids is 2. The molecule has 0 bridgehead atoms. The Hall–Kier alpha value is -4.27. The molecule has 1 saturated heterocycles. The molecule has 9 nitrogen and oxygen atoms in total. The summed E-state index contributed by atoms with van der Waals surface area (Å²) < 4.78 is 7.42. The Morgan fingerprint density at radius 1 is 1.09 bits per heavy atom. The lowest BCUT2D eigenvalue weighted by atomic mass is 10.1. The van der Waals surface area contributed by atoms with Crippen LogP contribution in [0.5, 0.6) is 11.5 Å². The van der Waals surface area contributed by atoms with Gasteiger partial charge in [0.05, 0.1) is 11.7 Å². The zero-order valence-electron chi connectivity index (χ0n) is 18.0. The molecule has 3 aromatic rings. The number of amides is 2. The van der Waals surface area contributed by atoms with Crippen LogP contribution in [0.1, 0.15) is 10.5 Å². The molecule has 0 atom stereocenters. The topological polar surface area (TPSA) is 106 Å². The van der Waals surface area contributed by atoms with E-state index in [0.29, 0.717) is 54.8 Å². The van der Waals surface area contributed by atoms with E-state index in [4.69, 9.17) is 15.6 Å². The number of primary amides is 1. The van der Waals surface area contributed by atoms with Crippen LogP contribution in [0, 0.1) is 0 Å². The van der Waals surface area contributed by atoms with Gasteiger partial charge in [-0.3, -0.25) is 9.59 Å². The van der Waals surface area contributed by atoms with Crippen LogP contribution in [0.2, 0.25) is 0 Å². The van der Waals surface area contributed by atoms with Crippen LogP contribution in [0.3, 0.4) is 0 Å². The molecule has 1 fully saturated rings. The highest BCUT2D eigenvalue weighted by molar-refractivity contribution is 6.00. The summed E-state index contributed by atoms with van der Waals surface area (Å²) in [4.78, 5) is 28.1. The molecule has 3 heterocycles. The molecule has 2 amide bonds. The number of likely N-dealkylation sites (tertiary alicyclic amines) is 1. The highest BCUT2D eigenvalue weighted by Crippen LogP contribution is 2.36. The standard InChI is InChI=1S/C24H24N6O3/c1-2-20(31)28-14-17(15-28)29-13-12-26-21-22(23(25)32)30(27-24(21)29)16-8-10-19(11-9-16)33-18-6-4-3-5-7-18/h2-11,17,26H,1,12-15H2,(H2,25,32). The van der Waals surface area contributed by atoms with E-state index >= 15 is 0 Å². The van der Waals surface area contributed by atoms with Crippen molar-refractivity contribution in [1.82, 2.24) is 14.7 Å². The number of hydrogen-bond donors (Lipinski definition) is 2.